The van der Waals surface area contributed by atoms with Gasteiger partial charge in [0.2, 0.25) is 0 Å². The fraction of sp³-hybridized carbons (Fsp3) is 0.667. The van der Waals surface area contributed by atoms with Crippen molar-refractivity contribution in [3.05, 3.63) is 0 Å². The van der Waals surface area contributed by atoms with E-state index in [4.69, 9.17) is 11.2 Å². The zero-order valence-corrected chi connectivity index (χ0v) is 7.86. The van der Waals surface area contributed by atoms with Gasteiger partial charge in [-0.1, -0.05) is 5.92 Å². The minimum Gasteiger partial charge on any atom is -0.381 e. The van der Waals surface area contributed by atoms with E-state index in [0.717, 1.165) is 0 Å². The Morgan fingerprint density at radius 2 is 1.93 bits per heavy atom. The molecule has 3 nitrogen and oxygen atoms in total. The van der Waals surface area contributed by atoms with Crippen LogP contribution in [0.3, 0.4) is 0 Å². The maximum absolute atomic E-state index is 12.0. The van der Waals surface area contributed by atoms with Crippen LogP contribution in [-0.4, -0.2) is 30.8 Å². The number of ether oxygens (including phenoxy) is 1. The highest BCUT2D eigenvalue weighted by molar-refractivity contribution is 5.82. The lowest BCUT2D eigenvalue weighted by Crippen LogP contribution is -2.54. The number of halogens is 3. The summed E-state index contributed by atoms with van der Waals surface area (Å²) in [4.78, 5) is 10.7. The highest BCUT2D eigenvalue weighted by atomic mass is 19.4. The number of alkyl halides is 3. The molecule has 1 aliphatic rings. The normalized spacial score (nSPS) is 20.4. The average molecular weight is 221 g/mol. The predicted octanol–water partition coefficient (Wildman–Crippen LogP) is 0.847. The summed E-state index contributed by atoms with van der Waals surface area (Å²) >= 11 is 0. The van der Waals surface area contributed by atoms with Crippen LogP contribution in [0.15, 0.2) is 0 Å². The molecule has 0 spiro atoms. The van der Waals surface area contributed by atoms with Crippen LogP contribution in [0.5, 0.6) is 0 Å². The largest absolute Gasteiger partial charge is 0.471 e. The smallest absolute Gasteiger partial charge is 0.381 e. The molecular formula is C9H10F3NO2. The molecule has 1 N–H and O–H groups in total. The fourth-order valence-electron chi connectivity index (χ4n) is 1.31. The second-order valence-electron chi connectivity index (χ2n) is 3.29. The Hall–Kier alpha value is -1.22. The van der Waals surface area contributed by atoms with Crippen LogP contribution >= 0.6 is 0 Å². The Kier molecular flexibility index (Phi) is 3.25. The Morgan fingerprint density at radius 1 is 1.40 bits per heavy atom. The van der Waals surface area contributed by atoms with E-state index in [-0.39, 0.29) is 26.1 Å². The molecule has 1 aliphatic heterocycles. The summed E-state index contributed by atoms with van der Waals surface area (Å²) in [6, 6.07) is 0. The molecule has 0 aromatic rings. The first kappa shape index (κ1) is 11.9. The predicted molar refractivity (Wildman–Crippen MR) is 45.8 cm³/mol. The first-order chi connectivity index (χ1) is 6.90. The van der Waals surface area contributed by atoms with Crippen molar-refractivity contribution in [1.29, 1.82) is 0 Å². The third-order valence-corrected chi connectivity index (χ3v) is 2.23. The molecule has 0 unspecified atom stereocenters. The van der Waals surface area contributed by atoms with Crippen molar-refractivity contribution in [3.8, 4) is 12.3 Å². The third-order valence-electron chi connectivity index (χ3n) is 2.23. The van der Waals surface area contributed by atoms with Gasteiger partial charge >= 0.3 is 12.1 Å². The Balaban J connectivity index is 2.69. The highest BCUT2D eigenvalue weighted by Crippen LogP contribution is 2.23. The van der Waals surface area contributed by atoms with E-state index in [9.17, 15) is 18.0 Å². The number of nitrogens with one attached hydrogen (secondary N) is 1. The van der Waals surface area contributed by atoms with Crippen LogP contribution in [0.2, 0.25) is 0 Å². The van der Waals surface area contributed by atoms with Gasteiger partial charge in [-0.15, -0.1) is 6.42 Å². The van der Waals surface area contributed by atoms with Crippen LogP contribution < -0.4 is 5.32 Å². The van der Waals surface area contributed by atoms with Crippen LogP contribution in [-0.2, 0) is 9.53 Å². The second-order valence-corrected chi connectivity index (χ2v) is 3.29. The van der Waals surface area contributed by atoms with E-state index >= 15 is 0 Å². The Bertz CT molecular complexity index is 287. The van der Waals surface area contributed by atoms with Crippen LogP contribution in [0.1, 0.15) is 12.8 Å². The van der Waals surface area contributed by atoms with Crippen molar-refractivity contribution in [3.63, 3.8) is 0 Å². The van der Waals surface area contributed by atoms with Crippen LogP contribution in [0, 0.1) is 12.3 Å². The number of amides is 1. The molecule has 1 saturated heterocycles. The van der Waals surface area contributed by atoms with E-state index in [1.165, 1.54) is 0 Å². The van der Waals surface area contributed by atoms with Crippen molar-refractivity contribution in [2.75, 3.05) is 13.2 Å². The lowest BCUT2D eigenvalue weighted by atomic mass is 9.91. The van der Waals surface area contributed by atoms with Crippen LogP contribution in [0.4, 0.5) is 13.2 Å². The van der Waals surface area contributed by atoms with Crippen molar-refractivity contribution in [2.45, 2.75) is 24.6 Å². The van der Waals surface area contributed by atoms with E-state index in [1.54, 1.807) is 0 Å². The van der Waals surface area contributed by atoms with Gasteiger partial charge in [-0.2, -0.15) is 13.2 Å². The van der Waals surface area contributed by atoms with Gasteiger partial charge in [0.05, 0.1) is 0 Å². The molecule has 15 heavy (non-hydrogen) atoms. The van der Waals surface area contributed by atoms with Gasteiger partial charge in [-0.3, -0.25) is 4.79 Å². The maximum Gasteiger partial charge on any atom is 0.471 e. The van der Waals surface area contributed by atoms with Gasteiger partial charge in [-0.25, -0.2) is 0 Å². The number of hydrogen-bond donors (Lipinski definition) is 1. The Morgan fingerprint density at radius 3 is 2.33 bits per heavy atom. The molecule has 0 aromatic carbocycles. The molecule has 0 bridgehead atoms. The Labute approximate surface area is 85.0 Å². The number of terminal acetylenes is 1. The van der Waals surface area contributed by atoms with E-state index in [0.29, 0.717) is 0 Å². The SMILES string of the molecule is C#CC1(NC(=O)C(F)(F)F)CCOCC1. The topological polar surface area (TPSA) is 38.3 Å². The molecule has 0 aromatic heterocycles. The van der Waals surface area contributed by atoms with Crippen molar-refractivity contribution >= 4 is 5.91 Å². The molecule has 0 saturated carbocycles. The molecular weight excluding hydrogens is 211 g/mol. The summed E-state index contributed by atoms with van der Waals surface area (Å²) in [7, 11) is 0. The molecule has 6 heteroatoms. The zero-order chi connectivity index (χ0) is 11.5. The summed E-state index contributed by atoms with van der Waals surface area (Å²) in [6.45, 7) is 0.505. The monoisotopic (exact) mass is 221 g/mol. The molecule has 1 rings (SSSR count). The molecule has 1 heterocycles. The maximum atomic E-state index is 12.0. The number of carbonyl (C=O) groups excluding carboxylic acids is 1. The minimum absolute atomic E-state index is 0.200. The van der Waals surface area contributed by atoms with Gasteiger partial charge in [-0.05, 0) is 0 Å². The number of rotatable bonds is 1. The molecule has 84 valence electrons. The second kappa shape index (κ2) is 4.11. The molecule has 1 amide bonds. The number of carbonyl (C=O) groups is 1. The summed E-state index contributed by atoms with van der Waals surface area (Å²) in [5.74, 6) is 0.211. The molecule has 0 atom stereocenters. The van der Waals surface area contributed by atoms with Crippen molar-refractivity contribution in [1.82, 2.24) is 5.32 Å². The van der Waals surface area contributed by atoms with Crippen molar-refractivity contribution in [2.24, 2.45) is 0 Å². The number of hydrogen-bond acceptors (Lipinski definition) is 2. The fourth-order valence-corrected chi connectivity index (χ4v) is 1.31. The molecule has 0 aliphatic carbocycles. The summed E-state index contributed by atoms with van der Waals surface area (Å²) in [5, 5.41) is 1.84. The quantitative estimate of drug-likeness (QED) is 0.666. The average Bonchev–Trinajstić information content (AvgIpc) is 2.18. The minimum atomic E-state index is -4.90. The first-order valence-electron chi connectivity index (χ1n) is 4.34. The third kappa shape index (κ3) is 2.86. The van der Waals surface area contributed by atoms with Crippen molar-refractivity contribution < 1.29 is 22.7 Å². The van der Waals surface area contributed by atoms with Gasteiger partial charge in [0.25, 0.3) is 0 Å². The van der Waals surface area contributed by atoms with Gasteiger partial charge in [0.1, 0.15) is 5.54 Å². The van der Waals surface area contributed by atoms with Gasteiger partial charge in [0.15, 0.2) is 0 Å². The standard InChI is InChI=1S/C9H10F3NO2/c1-2-8(3-5-15-6-4-8)13-7(14)9(10,11)12/h1H,3-6H2,(H,13,14). The zero-order valence-electron chi connectivity index (χ0n) is 7.86. The van der Waals surface area contributed by atoms with Gasteiger partial charge < -0.3 is 10.1 Å². The lowest BCUT2D eigenvalue weighted by molar-refractivity contribution is -0.175. The van der Waals surface area contributed by atoms with Gasteiger partial charge in [0, 0.05) is 26.1 Å². The van der Waals surface area contributed by atoms with E-state index in [1.807, 2.05) is 5.32 Å². The van der Waals surface area contributed by atoms with E-state index in [2.05, 4.69) is 5.92 Å². The lowest BCUT2D eigenvalue weighted by Gasteiger charge is -2.33. The molecule has 0 radical (unpaired) electrons. The first-order valence-corrected chi connectivity index (χ1v) is 4.34. The summed E-state index contributed by atoms with van der Waals surface area (Å²) < 4.78 is 41.0. The molecule has 1 fully saturated rings. The summed E-state index contributed by atoms with van der Waals surface area (Å²) in [5.41, 5.74) is -1.22. The van der Waals surface area contributed by atoms with Crippen LogP contribution in [0.25, 0.3) is 0 Å². The highest BCUT2D eigenvalue weighted by Gasteiger charge is 2.43. The summed E-state index contributed by atoms with van der Waals surface area (Å²) in [6.07, 6.45) is 0.641. The van der Waals surface area contributed by atoms with E-state index < -0.39 is 17.6 Å².